The van der Waals surface area contributed by atoms with Crippen molar-refractivity contribution in [2.45, 2.75) is 37.8 Å². The first-order valence-electron chi connectivity index (χ1n) is 13.5. The highest BCUT2D eigenvalue weighted by Crippen LogP contribution is 2.45. The van der Waals surface area contributed by atoms with E-state index in [0.717, 1.165) is 53.0 Å². The fraction of sp³-hybridized carbons (Fsp3) is 0.393. The van der Waals surface area contributed by atoms with Gasteiger partial charge in [-0.05, 0) is 64.2 Å². The van der Waals surface area contributed by atoms with E-state index in [4.69, 9.17) is 4.74 Å². The van der Waals surface area contributed by atoms with Crippen molar-refractivity contribution >= 4 is 33.5 Å². The van der Waals surface area contributed by atoms with Gasteiger partial charge in [0.05, 0.1) is 22.7 Å². The monoisotopic (exact) mass is 602 g/mol. The highest BCUT2D eigenvalue weighted by molar-refractivity contribution is 7.89. The van der Waals surface area contributed by atoms with Crippen molar-refractivity contribution in [3.8, 4) is 0 Å². The molecule has 0 spiro atoms. The predicted molar refractivity (Wildman–Crippen MR) is 151 cm³/mol. The maximum absolute atomic E-state index is 13.9. The Labute approximate surface area is 242 Å². The maximum atomic E-state index is 13.9. The van der Waals surface area contributed by atoms with E-state index < -0.39 is 44.1 Å². The van der Waals surface area contributed by atoms with Gasteiger partial charge in [-0.25, -0.2) is 22.0 Å². The highest BCUT2D eigenvalue weighted by atomic mass is 32.2. The van der Waals surface area contributed by atoms with Gasteiger partial charge in [-0.2, -0.15) is 9.40 Å². The topological polar surface area (TPSA) is 117 Å². The van der Waals surface area contributed by atoms with Gasteiger partial charge in [0.15, 0.2) is 0 Å². The molecule has 5 rings (SSSR count). The van der Waals surface area contributed by atoms with Crippen LogP contribution in [0.4, 0.5) is 25.1 Å². The number of anilines is 2. The van der Waals surface area contributed by atoms with E-state index in [2.05, 4.69) is 27.3 Å². The van der Waals surface area contributed by atoms with Gasteiger partial charge in [0.1, 0.15) is 17.5 Å². The molecule has 0 atom stereocenters. The van der Waals surface area contributed by atoms with Crippen molar-refractivity contribution in [2.24, 2.45) is 0 Å². The number of benzene rings is 2. The van der Waals surface area contributed by atoms with Crippen molar-refractivity contribution in [2.75, 3.05) is 50.1 Å². The number of ether oxygens (including phenoxy) is 1. The fourth-order valence-corrected chi connectivity index (χ4v) is 7.02. The number of fused-ring (bicyclic) bond motifs is 1. The van der Waals surface area contributed by atoms with Crippen LogP contribution in [0.2, 0.25) is 0 Å². The number of amides is 1. The summed E-state index contributed by atoms with van der Waals surface area (Å²) in [6.07, 6.45) is -0.856. The second-order valence-electron chi connectivity index (χ2n) is 10.8. The average molecular weight is 603 g/mol. The zero-order valence-electron chi connectivity index (χ0n) is 23.7. The van der Waals surface area contributed by atoms with Crippen molar-refractivity contribution in [1.29, 1.82) is 0 Å². The first-order chi connectivity index (χ1) is 19.8. The normalized spacial score (nSPS) is 17.2. The SMILES string of the molecule is CCOC(=O)n1nc2c(c1NC(=O)c1ccc(N3CCN(C)CC3)cc1)CN(S(=O)(=O)c1cc(F)cc(F)c1)C2(C)C. The smallest absolute Gasteiger partial charge is 0.436 e. The van der Waals surface area contributed by atoms with Crippen molar-refractivity contribution in [3.05, 3.63) is 70.9 Å². The van der Waals surface area contributed by atoms with E-state index >= 15 is 0 Å². The molecule has 1 N–H and O–H groups in total. The lowest BCUT2D eigenvalue weighted by Gasteiger charge is -2.34. The Kier molecular flexibility index (Phi) is 7.81. The van der Waals surface area contributed by atoms with E-state index in [1.165, 1.54) is 0 Å². The summed E-state index contributed by atoms with van der Waals surface area (Å²) in [6, 6.07) is 9.10. The Morgan fingerprint density at radius 1 is 1.02 bits per heavy atom. The first kappa shape index (κ1) is 29.6. The van der Waals surface area contributed by atoms with E-state index in [9.17, 15) is 26.8 Å². The average Bonchev–Trinajstić information content (AvgIpc) is 3.43. The summed E-state index contributed by atoms with van der Waals surface area (Å²) < 4.78 is 62.0. The number of nitrogens with zero attached hydrogens (tertiary/aromatic N) is 5. The van der Waals surface area contributed by atoms with Gasteiger partial charge < -0.3 is 19.9 Å². The number of nitrogens with one attached hydrogen (secondary N) is 1. The van der Waals surface area contributed by atoms with Crippen molar-refractivity contribution in [1.82, 2.24) is 19.0 Å². The molecule has 14 heteroatoms. The van der Waals surface area contributed by atoms with Crippen LogP contribution in [0.15, 0.2) is 47.4 Å². The second-order valence-corrected chi connectivity index (χ2v) is 12.6. The molecule has 42 heavy (non-hydrogen) atoms. The zero-order chi connectivity index (χ0) is 30.4. The molecule has 3 aromatic rings. The van der Waals surface area contributed by atoms with Crippen LogP contribution in [0, 0.1) is 11.6 Å². The van der Waals surface area contributed by atoms with Crippen LogP contribution in [-0.2, 0) is 26.8 Å². The van der Waals surface area contributed by atoms with Gasteiger partial charge in [0.25, 0.3) is 5.91 Å². The summed E-state index contributed by atoms with van der Waals surface area (Å²) in [7, 11) is -2.35. The standard InChI is InChI=1S/C28H32F2N6O5S/c1-5-41-27(38)36-25(31-26(37)18-6-8-21(9-7-18)34-12-10-33(4)11-13-34)23-17-35(28(2,3)24(23)32-36)42(39,40)22-15-19(29)14-20(30)16-22/h6-9,14-16H,5,10-13,17H2,1-4H3,(H,31,37). The molecule has 0 aliphatic carbocycles. The number of likely N-dealkylation sites (N-methyl/N-ethyl adjacent to an activating group) is 1. The Morgan fingerprint density at radius 2 is 1.64 bits per heavy atom. The number of sulfonamides is 1. The molecule has 0 bridgehead atoms. The Morgan fingerprint density at radius 3 is 2.24 bits per heavy atom. The van der Waals surface area contributed by atoms with E-state index in [1.54, 1.807) is 32.9 Å². The molecular weight excluding hydrogens is 570 g/mol. The fourth-order valence-electron chi connectivity index (χ4n) is 5.25. The molecule has 2 aromatic carbocycles. The first-order valence-corrected chi connectivity index (χ1v) is 14.9. The Balaban J connectivity index is 1.46. The highest BCUT2D eigenvalue weighted by Gasteiger charge is 2.49. The van der Waals surface area contributed by atoms with E-state index in [-0.39, 0.29) is 30.2 Å². The van der Waals surface area contributed by atoms with Gasteiger partial charge in [0.2, 0.25) is 10.0 Å². The number of rotatable bonds is 6. The van der Waals surface area contributed by atoms with Crippen molar-refractivity contribution in [3.63, 3.8) is 0 Å². The molecule has 1 saturated heterocycles. The lowest BCUT2D eigenvalue weighted by Crippen LogP contribution is -2.44. The number of aromatic nitrogens is 2. The molecule has 1 aromatic heterocycles. The third kappa shape index (κ3) is 5.37. The van der Waals surface area contributed by atoms with Gasteiger partial charge in [-0.15, -0.1) is 4.68 Å². The van der Waals surface area contributed by atoms with E-state index in [0.29, 0.717) is 11.6 Å². The van der Waals surface area contributed by atoms with Crippen LogP contribution in [0.1, 0.15) is 42.4 Å². The molecule has 0 saturated carbocycles. The third-order valence-corrected chi connectivity index (χ3v) is 9.58. The minimum absolute atomic E-state index is 0.0412. The van der Waals surface area contributed by atoms with Crippen LogP contribution in [0.5, 0.6) is 0 Å². The molecule has 1 fully saturated rings. The predicted octanol–water partition coefficient (Wildman–Crippen LogP) is 3.61. The molecule has 1 amide bonds. The molecule has 224 valence electrons. The van der Waals surface area contributed by atoms with Crippen LogP contribution < -0.4 is 10.2 Å². The van der Waals surface area contributed by atoms with Crippen LogP contribution in [0.3, 0.4) is 0 Å². The van der Waals surface area contributed by atoms with Crippen LogP contribution in [-0.4, -0.2) is 79.2 Å². The molecule has 2 aliphatic heterocycles. The molecule has 3 heterocycles. The maximum Gasteiger partial charge on any atom is 0.436 e. The number of carbonyl (C=O) groups excluding carboxylic acids is 2. The summed E-state index contributed by atoms with van der Waals surface area (Å²) >= 11 is 0. The summed E-state index contributed by atoms with van der Waals surface area (Å²) in [5.41, 5.74) is 0.398. The molecule has 0 radical (unpaired) electrons. The molecule has 0 unspecified atom stereocenters. The van der Waals surface area contributed by atoms with Crippen LogP contribution in [0.25, 0.3) is 0 Å². The number of carbonyl (C=O) groups is 2. The van der Waals surface area contributed by atoms with Gasteiger partial charge in [0, 0.05) is 55.6 Å². The minimum atomic E-state index is -4.42. The number of hydrogen-bond donors (Lipinski definition) is 1. The summed E-state index contributed by atoms with van der Waals surface area (Å²) in [5.74, 6) is -2.67. The van der Waals surface area contributed by atoms with Crippen molar-refractivity contribution < 1.29 is 31.5 Å². The second kappa shape index (κ2) is 11.1. The quantitative estimate of drug-likeness (QED) is 0.455. The van der Waals surface area contributed by atoms with Gasteiger partial charge in [-0.1, -0.05) is 0 Å². The number of hydrogen-bond acceptors (Lipinski definition) is 8. The largest absolute Gasteiger partial charge is 0.448 e. The third-order valence-electron chi connectivity index (χ3n) is 7.58. The zero-order valence-corrected chi connectivity index (χ0v) is 24.5. The molecule has 2 aliphatic rings. The number of piperazine rings is 1. The van der Waals surface area contributed by atoms with Gasteiger partial charge in [-0.3, -0.25) is 4.79 Å². The lowest BCUT2D eigenvalue weighted by molar-refractivity contribution is 0.102. The summed E-state index contributed by atoms with van der Waals surface area (Å²) in [6.45, 7) is 8.04. The summed E-state index contributed by atoms with van der Waals surface area (Å²) in [4.78, 5) is 30.1. The van der Waals surface area contributed by atoms with Crippen LogP contribution >= 0.6 is 0 Å². The number of halogens is 2. The minimum Gasteiger partial charge on any atom is -0.448 e. The Bertz CT molecular complexity index is 1610. The molecular formula is C28H32F2N6O5S. The van der Waals surface area contributed by atoms with Gasteiger partial charge >= 0.3 is 6.09 Å². The van der Waals surface area contributed by atoms with E-state index in [1.807, 2.05) is 12.1 Å². The Hall–Kier alpha value is -3.88. The molecule has 11 nitrogen and oxygen atoms in total. The summed E-state index contributed by atoms with van der Waals surface area (Å²) in [5, 5.41) is 7.06. The lowest BCUT2D eigenvalue weighted by atomic mass is 10.0.